The topological polar surface area (TPSA) is 51.5 Å². The van der Waals surface area contributed by atoms with E-state index < -0.39 is 6.49 Å². The number of nitrogens with zero attached hydrogens (tertiary/aromatic N) is 1. The predicted octanol–water partition coefficient (Wildman–Crippen LogP) is 3.62. The second-order valence-corrected chi connectivity index (χ2v) is 7.71. The smallest absolute Gasteiger partial charge is 0.269 e. The van der Waals surface area contributed by atoms with E-state index >= 15 is 0 Å². The summed E-state index contributed by atoms with van der Waals surface area (Å²) < 4.78 is 17.1. The zero-order chi connectivity index (χ0) is 16.0. The van der Waals surface area contributed by atoms with E-state index in [2.05, 4.69) is 6.07 Å². The van der Waals surface area contributed by atoms with E-state index in [0.717, 1.165) is 5.30 Å². The Balaban J connectivity index is 2.41. The third kappa shape index (κ3) is 3.66. The van der Waals surface area contributed by atoms with Crippen LogP contribution in [0.15, 0.2) is 48.5 Å². The maximum Gasteiger partial charge on any atom is 0.269 e. The first-order valence-corrected chi connectivity index (χ1v) is 9.34. The van der Waals surface area contributed by atoms with E-state index in [1.807, 2.05) is 37.3 Å². The van der Waals surface area contributed by atoms with Gasteiger partial charge in [0, 0.05) is 11.4 Å². The van der Waals surface area contributed by atoms with Gasteiger partial charge in [-0.2, -0.15) is 5.26 Å². The average molecular weight is 333 g/mol. The van der Waals surface area contributed by atoms with Crippen LogP contribution in [-0.4, -0.2) is 13.7 Å². The van der Waals surface area contributed by atoms with E-state index in [0.29, 0.717) is 23.7 Å². The first-order chi connectivity index (χ1) is 10.6. The van der Waals surface area contributed by atoms with Crippen molar-refractivity contribution in [3.8, 4) is 17.6 Å². The van der Waals surface area contributed by atoms with Crippen LogP contribution in [0.5, 0.6) is 11.5 Å². The van der Waals surface area contributed by atoms with E-state index in [-0.39, 0.29) is 0 Å². The molecule has 6 heteroatoms. The maximum atomic E-state index is 8.96. The summed E-state index contributed by atoms with van der Waals surface area (Å²) in [6, 6.07) is 16.5. The summed E-state index contributed by atoms with van der Waals surface area (Å²) in [5.41, 5.74) is 0.494. The molecule has 114 valence electrons. The van der Waals surface area contributed by atoms with Gasteiger partial charge < -0.3 is 13.8 Å². The Bertz CT molecular complexity index is 728. The van der Waals surface area contributed by atoms with Crippen molar-refractivity contribution in [3.05, 3.63) is 54.1 Å². The zero-order valence-corrected chi connectivity index (χ0v) is 14.1. The standard InChI is InChI=1S/C16H16NO3PS/c1-3-19-21(22,14-7-5-4-6-8-14)20-15-10-9-13(12-17)11-16(15)18-2/h4-11H,3H2,1-2H3. The highest BCUT2D eigenvalue weighted by Gasteiger charge is 2.24. The number of hydrogen-bond donors (Lipinski definition) is 0. The molecule has 0 aliphatic rings. The Labute approximate surface area is 135 Å². The summed E-state index contributed by atoms with van der Waals surface area (Å²) in [6.07, 6.45) is 0. The maximum absolute atomic E-state index is 8.96. The van der Waals surface area contributed by atoms with Crippen LogP contribution in [0.4, 0.5) is 0 Å². The second kappa shape index (κ2) is 7.42. The quantitative estimate of drug-likeness (QED) is 0.756. The zero-order valence-electron chi connectivity index (χ0n) is 12.4. The minimum Gasteiger partial charge on any atom is -0.493 e. The van der Waals surface area contributed by atoms with Crippen LogP contribution in [0.25, 0.3) is 0 Å². The fourth-order valence-electron chi connectivity index (χ4n) is 1.88. The molecule has 0 N–H and O–H groups in total. The summed E-state index contributed by atoms with van der Waals surface area (Å²) in [5.74, 6) is 0.936. The van der Waals surface area contributed by atoms with Gasteiger partial charge in [0.05, 0.1) is 25.3 Å². The second-order valence-electron chi connectivity index (χ2n) is 4.32. The molecule has 22 heavy (non-hydrogen) atoms. The lowest BCUT2D eigenvalue weighted by Crippen LogP contribution is -2.12. The SMILES string of the molecule is CCOP(=S)(Oc1ccc(C#N)cc1OC)c1ccccc1. The molecular weight excluding hydrogens is 317 g/mol. The Hall–Kier alpha value is -1.86. The predicted molar refractivity (Wildman–Crippen MR) is 90.3 cm³/mol. The molecule has 0 saturated heterocycles. The van der Waals surface area contributed by atoms with Crippen molar-refractivity contribution >= 4 is 23.6 Å². The van der Waals surface area contributed by atoms with Gasteiger partial charge in [0.15, 0.2) is 11.5 Å². The van der Waals surface area contributed by atoms with E-state index in [1.54, 1.807) is 18.2 Å². The van der Waals surface area contributed by atoms with Crippen molar-refractivity contribution in [2.24, 2.45) is 0 Å². The minimum absolute atomic E-state index is 0.449. The van der Waals surface area contributed by atoms with Crippen molar-refractivity contribution in [3.63, 3.8) is 0 Å². The fourth-order valence-corrected chi connectivity index (χ4v) is 4.39. The lowest BCUT2D eigenvalue weighted by molar-refractivity contribution is 0.331. The number of nitriles is 1. The van der Waals surface area contributed by atoms with Gasteiger partial charge in [-0.25, -0.2) is 0 Å². The highest BCUT2D eigenvalue weighted by atomic mass is 32.5. The van der Waals surface area contributed by atoms with Crippen LogP contribution >= 0.6 is 6.49 Å². The van der Waals surface area contributed by atoms with Crippen molar-refractivity contribution in [2.75, 3.05) is 13.7 Å². The van der Waals surface area contributed by atoms with Crippen molar-refractivity contribution in [2.45, 2.75) is 6.92 Å². The normalized spacial score (nSPS) is 13.0. The van der Waals surface area contributed by atoms with E-state index in [4.69, 9.17) is 30.9 Å². The summed E-state index contributed by atoms with van der Waals surface area (Å²) in [5, 5.41) is 9.79. The highest BCUT2D eigenvalue weighted by Crippen LogP contribution is 2.49. The lowest BCUT2D eigenvalue weighted by Gasteiger charge is -2.23. The van der Waals surface area contributed by atoms with E-state index in [1.165, 1.54) is 7.11 Å². The molecule has 1 unspecified atom stereocenters. The Morgan fingerprint density at radius 2 is 1.86 bits per heavy atom. The van der Waals surface area contributed by atoms with Gasteiger partial charge in [-0.15, -0.1) is 0 Å². The average Bonchev–Trinajstić information content (AvgIpc) is 2.56. The van der Waals surface area contributed by atoms with Gasteiger partial charge in [-0.05, 0) is 43.0 Å². The molecule has 0 bridgehead atoms. The molecule has 2 rings (SSSR count). The molecule has 1 atom stereocenters. The molecule has 0 heterocycles. The van der Waals surface area contributed by atoms with Crippen LogP contribution in [0, 0.1) is 11.3 Å². The number of rotatable bonds is 6. The number of hydrogen-bond acceptors (Lipinski definition) is 5. The van der Waals surface area contributed by atoms with Crippen molar-refractivity contribution in [1.29, 1.82) is 5.26 Å². The van der Waals surface area contributed by atoms with Crippen LogP contribution in [0.1, 0.15) is 12.5 Å². The molecule has 0 aliphatic heterocycles. The molecule has 2 aromatic carbocycles. The summed E-state index contributed by atoms with van der Waals surface area (Å²) in [6.45, 7) is -0.359. The molecule has 0 aromatic heterocycles. The molecule has 0 amide bonds. The molecule has 0 saturated carbocycles. The third-order valence-electron chi connectivity index (χ3n) is 2.88. The van der Waals surface area contributed by atoms with E-state index in [9.17, 15) is 0 Å². The number of benzene rings is 2. The van der Waals surface area contributed by atoms with Crippen LogP contribution in [0.2, 0.25) is 0 Å². The van der Waals surface area contributed by atoms with Crippen molar-refractivity contribution < 1.29 is 13.8 Å². The Morgan fingerprint density at radius 3 is 2.45 bits per heavy atom. The molecule has 2 aromatic rings. The van der Waals surface area contributed by atoms with Crippen molar-refractivity contribution in [1.82, 2.24) is 0 Å². The van der Waals surface area contributed by atoms with Crippen LogP contribution in [0.3, 0.4) is 0 Å². The molecule has 0 radical (unpaired) electrons. The minimum atomic E-state index is -2.69. The molecule has 0 fully saturated rings. The Kier molecular flexibility index (Phi) is 5.57. The first kappa shape index (κ1) is 16.5. The molecule has 0 spiro atoms. The Morgan fingerprint density at radius 1 is 1.14 bits per heavy atom. The summed E-state index contributed by atoms with van der Waals surface area (Å²) in [4.78, 5) is 0. The molecular formula is C16H16NO3PS. The number of ether oxygens (including phenoxy) is 1. The van der Waals surface area contributed by atoms with Gasteiger partial charge in [0.2, 0.25) is 0 Å². The third-order valence-corrected chi connectivity index (χ3v) is 6.02. The largest absolute Gasteiger partial charge is 0.493 e. The van der Waals surface area contributed by atoms with Crippen LogP contribution < -0.4 is 14.6 Å². The highest BCUT2D eigenvalue weighted by molar-refractivity contribution is 8.13. The van der Waals surface area contributed by atoms with Gasteiger partial charge in [-0.1, -0.05) is 18.2 Å². The lowest BCUT2D eigenvalue weighted by atomic mass is 10.2. The monoisotopic (exact) mass is 333 g/mol. The van der Waals surface area contributed by atoms with Crippen LogP contribution in [-0.2, 0) is 16.3 Å². The fraction of sp³-hybridized carbons (Fsp3) is 0.188. The first-order valence-electron chi connectivity index (χ1n) is 6.71. The van der Waals surface area contributed by atoms with Gasteiger partial charge in [0.25, 0.3) is 6.49 Å². The number of methoxy groups -OCH3 is 1. The van der Waals surface area contributed by atoms with Gasteiger partial charge in [-0.3, -0.25) is 0 Å². The molecule has 4 nitrogen and oxygen atoms in total. The summed E-state index contributed by atoms with van der Waals surface area (Å²) in [7, 11) is 1.52. The summed E-state index contributed by atoms with van der Waals surface area (Å²) >= 11 is 5.66. The van der Waals surface area contributed by atoms with Gasteiger partial charge in [0.1, 0.15) is 0 Å². The molecule has 0 aliphatic carbocycles. The van der Waals surface area contributed by atoms with Gasteiger partial charge >= 0.3 is 0 Å².